The van der Waals surface area contributed by atoms with Gasteiger partial charge in [-0.25, -0.2) is 0 Å². The van der Waals surface area contributed by atoms with Crippen LogP contribution in [0.15, 0.2) is 45.5 Å². The maximum absolute atomic E-state index is 11.7. The molecule has 88 valence electrons. The lowest BCUT2D eigenvalue weighted by atomic mass is 10.2. The maximum atomic E-state index is 11.7. The van der Waals surface area contributed by atoms with Crippen molar-refractivity contribution in [2.75, 3.05) is 5.73 Å². The van der Waals surface area contributed by atoms with Gasteiger partial charge in [-0.05, 0) is 45.8 Å². The van der Waals surface area contributed by atoms with E-state index in [1.165, 1.54) is 0 Å². The van der Waals surface area contributed by atoms with Gasteiger partial charge in [-0.1, -0.05) is 12.1 Å². The third-order valence-corrected chi connectivity index (χ3v) is 2.63. The Morgan fingerprint density at radius 1 is 1.35 bits per heavy atom. The number of hydrogen-bond acceptors (Lipinski definition) is 3. The summed E-state index contributed by atoms with van der Waals surface area (Å²) in [7, 11) is 0. The number of carbonyl (C=O) groups is 1. The number of halogens is 1. The molecule has 0 aliphatic heterocycles. The summed E-state index contributed by atoms with van der Waals surface area (Å²) in [6.45, 7) is 0.419. The lowest BCUT2D eigenvalue weighted by Crippen LogP contribution is -2.22. The van der Waals surface area contributed by atoms with Crippen LogP contribution >= 0.6 is 15.9 Å². The topological polar surface area (TPSA) is 68.3 Å². The monoisotopic (exact) mass is 294 g/mol. The fourth-order valence-electron chi connectivity index (χ4n) is 1.41. The number of nitrogen functional groups attached to an aromatic ring is 1. The molecule has 1 heterocycles. The highest BCUT2D eigenvalue weighted by Crippen LogP contribution is 2.14. The molecule has 5 heteroatoms. The second-order valence-corrected chi connectivity index (χ2v) is 4.31. The van der Waals surface area contributed by atoms with Crippen LogP contribution in [0.3, 0.4) is 0 Å². The fourth-order valence-corrected chi connectivity index (χ4v) is 1.72. The Morgan fingerprint density at radius 3 is 2.82 bits per heavy atom. The summed E-state index contributed by atoms with van der Waals surface area (Å²) in [5, 5.41) is 2.75. The van der Waals surface area contributed by atoms with E-state index in [9.17, 15) is 4.79 Å². The second kappa shape index (κ2) is 5.05. The minimum absolute atomic E-state index is 0.252. The molecule has 0 saturated heterocycles. The van der Waals surface area contributed by atoms with Crippen molar-refractivity contribution in [1.29, 1.82) is 0 Å². The third kappa shape index (κ3) is 3.10. The molecule has 1 aromatic carbocycles. The first kappa shape index (κ1) is 11.7. The molecule has 0 spiro atoms. The zero-order valence-electron chi connectivity index (χ0n) is 8.94. The molecular formula is C12H11BrN2O2. The molecule has 1 aromatic heterocycles. The van der Waals surface area contributed by atoms with Crippen LogP contribution < -0.4 is 11.1 Å². The third-order valence-electron chi connectivity index (χ3n) is 2.20. The number of nitrogens with two attached hydrogens (primary N) is 1. The van der Waals surface area contributed by atoms with Crippen molar-refractivity contribution in [2.45, 2.75) is 6.54 Å². The minimum atomic E-state index is -0.252. The van der Waals surface area contributed by atoms with Crippen molar-refractivity contribution in [2.24, 2.45) is 0 Å². The van der Waals surface area contributed by atoms with E-state index in [2.05, 4.69) is 21.2 Å². The van der Waals surface area contributed by atoms with Gasteiger partial charge in [0.05, 0.1) is 0 Å². The average molecular weight is 295 g/mol. The number of nitrogens with one attached hydrogen (secondary N) is 1. The SMILES string of the molecule is Nc1cccc(CNC(=O)c2ccc(Br)o2)c1. The van der Waals surface area contributed by atoms with Crippen LogP contribution in [0.5, 0.6) is 0 Å². The highest BCUT2D eigenvalue weighted by atomic mass is 79.9. The molecule has 0 aliphatic rings. The van der Waals surface area contributed by atoms with E-state index in [0.717, 1.165) is 5.56 Å². The number of amides is 1. The zero-order valence-corrected chi connectivity index (χ0v) is 10.5. The Hall–Kier alpha value is -1.75. The molecule has 0 saturated carbocycles. The highest BCUT2D eigenvalue weighted by molar-refractivity contribution is 9.10. The van der Waals surface area contributed by atoms with Crippen molar-refractivity contribution in [3.63, 3.8) is 0 Å². The van der Waals surface area contributed by atoms with Crippen molar-refractivity contribution < 1.29 is 9.21 Å². The summed E-state index contributed by atoms with van der Waals surface area (Å²) in [5.74, 6) is 0.0268. The van der Waals surface area contributed by atoms with Crippen LogP contribution in [-0.2, 0) is 6.54 Å². The second-order valence-electron chi connectivity index (χ2n) is 3.53. The van der Waals surface area contributed by atoms with Gasteiger partial charge in [-0.15, -0.1) is 0 Å². The van der Waals surface area contributed by atoms with Crippen LogP contribution in [0, 0.1) is 0 Å². The average Bonchev–Trinajstić information content (AvgIpc) is 2.73. The molecule has 4 nitrogen and oxygen atoms in total. The van der Waals surface area contributed by atoms with Crippen molar-refractivity contribution in [3.05, 3.63) is 52.4 Å². The predicted molar refractivity (Wildman–Crippen MR) is 68.4 cm³/mol. The zero-order chi connectivity index (χ0) is 12.3. The maximum Gasteiger partial charge on any atom is 0.287 e. The number of benzene rings is 1. The summed E-state index contributed by atoms with van der Waals surface area (Å²) < 4.78 is 5.67. The van der Waals surface area contributed by atoms with Crippen molar-refractivity contribution >= 4 is 27.5 Å². The lowest BCUT2D eigenvalue weighted by Gasteiger charge is -2.04. The van der Waals surface area contributed by atoms with Gasteiger partial charge in [0.2, 0.25) is 0 Å². The number of rotatable bonds is 3. The Bertz CT molecular complexity index is 537. The molecule has 0 atom stereocenters. The van der Waals surface area contributed by atoms with E-state index in [0.29, 0.717) is 16.9 Å². The van der Waals surface area contributed by atoms with Gasteiger partial charge in [0.15, 0.2) is 10.4 Å². The summed E-state index contributed by atoms with van der Waals surface area (Å²) in [6.07, 6.45) is 0. The molecule has 2 rings (SSSR count). The van der Waals surface area contributed by atoms with Crippen molar-refractivity contribution in [3.8, 4) is 0 Å². The van der Waals surface area contributed by atoms with E-state index < -0.39 is 0 Å². The Morgan fingerprint density at radius 2 is 2.18 bits per heavy atom. The Labute approximate surface area is 107 Å². The predicted octanol–water partition coefficient (Wildman–Crippen LogP) is 2.55. The van der Waals surface area contributed by atoms with Gasteiger partial charge in [-0.3, -0.25) is 4.79 Å². The fraction of sp³-hybridized carbons (Fsp3) is 0.0833. The van der Waals surface area contributed by atoms with Crippen LogP contribution in [-0.4, -0.2) is 5.91 Å². The molecule has 0 unspecified atom stereocenters. The molecular weight excluding hydrogens is 284 g/mol. The van der Waals surface area contributed by atoms with E-state index in [1.807, 2.05) is 18.2 Å². The number of hydrogen-bond donors (Lipinski definition) is 2. The number of furan rings is 1. The van der Waals surface area contributed by atoms with Crippen LogP contribution in [0.4, 0.5) is 5.69 Å². The minimum Gasteiger partial charge on any atom is -0.444 e. The molecule has 2 aromatic rings. The quantitative estimate of drug-likeness (QED) is 0.855. The van der Waals surface area contributed by atoms with Gasteiger partial charge < -0.3 is 15.5 Å². The van der Waals surface area contributed by atoms with E-state index >= 15 is 0 Å². The molecule has 17 heavy (non-hydrogen) atoms. The first-order valence-electron chi connectivity index (χ1n) is 5.03. The summed E-state index contributed by atoms with van der Waals surface area (Å²) in [6, 6.07) is 10.6. The lowest BCUT2D eigenvalue weighted by molar-refractivity contribution is 0.0922. The Balaban J connectivity index is 1.97. The molecule has 1 amide bonds. The molecule has 3 N–H and O–H groups in total. The largest absolute Gasteiger partial charge is 0.444 e. The van der Waals surface area contributed by atoms with Gasteiger partial charge in [-0.2, -0.15) is 0 Å². The molecule has 0 fully saturated rings. The smallest absolute Gasteiger partial charge is 0.287 e. The highest BCUT2D eigenvalue weighted by Gasteiger charge is 2.09. The van der Waals surface area contributed by atoms with Crippen LogP contribution in [0.2, 0.25) is 0 Å². The van der Waals surface area contributed by atoms with E-state index in [-0.39, 0.29) is 11.7 Å². The standard InChI is InChI=1S/C12H11BrN2O2/c13-11-5-4-10(17-11)12(16)15-7-8-2-1-3-9(14)6-8/h1-6H,7,14H2,(H,15,16). The number of anilines is 1. The summed E-state index contributed by atoms with van der Waals surface area (Å²) in [5.41, 5.74) is 7.27. The van der Waals surface area contributed by atoms with Crippen LogP contribution in [0.25, 0.3) is 0 Å². The number of carbonyl (C=O) groups excluding carboxylic acids is 1. The van der Waals surface area contributed by atoms with Crippen LogP contribution in [0.1, 0.15) is 16.1 Å². The Kier molecular flexibility index (Phi) is 3.49. The van der Waals surface area contributed by atoms with E-state index in [1.54, 1.807) is 18.2 Å². The van der Waals surface area contributed by atoms with Gasteiger partial charge in [0, 0.05) is 12.2 Å². The molecule has 0 bridgehead atoms. The van der Waals surface area contributed by atoms with Gasteiger partial charge in [0.25, 0.3) is 5.91 Å². The first-order valence-corrected chi connectivity index (χ1v) is 5.82. The van der Waals surface area contributed by atoms with Crippen molar-refractivity contribution in [1.82, 2.24) is 5.32 Å². The summed E-state index contributed by atoms with van der Waals surface area (Å²) in [4.78, 5) is 11.7. The van der Waals surface area contributed by atoms with E-state index in [4.69, 9.17) is 10.2 Å². The molecule has 0 aliphatic carbocycles. The first-order chi connectivity index (χ1) is 8.15. The van der Waals surface area contributed by atoms with Gasteiger partial charge >= 0.3 is 0 Å². The summed E-state index contributed by atoms with van der Waals surface area (Å²) >= 11 is 3.14. The molecule has 0 radical (unpaired) electrons. The normalized spacial score (nSPS) is 10.2. The van der Waals surface area contributed by atoms with Gasteiger partial charge in [0.1, 0.15) is 0 Å².